The number of aromatic nitrogens is 1. The molecule has 0 bridgehead atoms. The van der Waals surface area contributed by atoms with Gasteiger partial charge in [0, 0.05) is 5.69 Å². The summed E-state index contributed by atoms with van der Waals surface area (Å²) in [7, 11) is 0. The summed E-state index contributed by atoms with van der Waals surface area (Å²) in [5.74, 6) is 0. The van der Waals surface area contributed by atoms with Crippen LogP contribution < -0.4 is 5.32 Å². The Bertz CT molecular complexity index is 688. The van der Waals surface area contributed by atoms with Gasteiger partial charge >= 0.3 is 0 Å². The first-order valence-electron chi connectivity index (χ1n) is 6.75. The highest BCUT2D eigenvalue weighted by Gasteiger charge is 2.13. The van der Waals surface area contributed by atoms with Gasteiger partial charge in [0.1, 0.15) is 0 Å². The smallest absolute Gasteiger partial charge is 0.188 e. The molecular weight excluding hydrogens is 264 g/mol. The molecule has 1 aromatic heterocycles. The van der Waals surface area contributed by atoms with Crippen LogP contribution in [0.5, 0.6) is 0 Å². The molecule has 1 heterocycles. The number of rotatable bonds is 2. The van der Waals surface area contributed by atoms with Gasteiger partial charge in [-0.05, 0) is 35.2 Å². The average Bonchev–Trinajstić information content (AvgIpc) is 2.80. The third-order valence-corrected chi connectivity index (χ3v) is 4.25. The van der Waals surface area contributed by atoms with E-state index in [2.05, 4.69) is 61.4 Å². The van der Waals surface area contributed by atoms with Gasteiger partial charge in [0.15, 0.2) is 5.13 Å². The Balaban J connectivity index is 1.84. The van der Waals surface area contributed by atoms with E-state index in [1.165, 1.54) is 10.3 Å². The van der Waals surface area contributed by atoms with Crippen LogP contribution >= 0.6 is 11.3 Å². The Morgan fingerprint density at radius 2 is 1.65 bits per heavy atom. The van der Waals surface area contributed by atoms with E-state index in [1.807, 2.05) is 18.2 Å². The van der Waals surface area contributed by atoms with Gasteiger partial charge in [-0.2, -0.15) is 0 Å². The highest BCUT2D eigenvalue weighted by Crippen LogP contribution is 2.29. The van der Waals surface area contributed by atoms with E-state index in [9.17, 15) is 0 Å². The molecule has 3 heteroatoms. The summed E-state index contributed by atoms with van der Waals surface area (Å²) in [6, 6.07) is 16.8. The molecule has 20 heavy (non-hydrogen) atoms. The third kappa shape index (κ3) is 2.68. The summed E-state index contributed by atoms with van der Waals surface area (Å²) < 4.78 is 1.21. The normalized spacial score (nSPS) is 11.8. The molecule has 0 aliphatic heterocycles. The summed E-state index contributed by atoms with van der Waals surface area (Å²) in [6.07, 6.45) is 0. The second-order valence-electron chi connectivity index (χ2n) is 5.94. The number of anilines is 2. The van der Waals surface area contributed by atoms with Gasteiger partial charge in [0.05, 0.1) is 10.2 Å². The third-order valence-electron chi connectivity index (χ3n) is 3.30. The van der Waals surface area contributed by atoms with Crippen molar-refractivity contribution in [2.75, 3.05) is 5.32 Å². The second kappa shape index (κ2) is 4.91. The van der Waals surface area contributed by atoms with Crippen LogP contribution in [0.4, 0.5) is 10.8 Å². The molecule has 2 nitrogen and oxygen atoms in total. The lowest BCUT2D eigenvalue weighted by Gasteiger charge is -2.19. The molecule has 1 N–H and O–H groups in total. The molecular formula is C17H18N2S. The molecule has 3 rings (SSSR count). The van der Waals surface area contributed by atoms with Crippen LogP contribution in [-0.4, -0.2) is 4.98 Å². The van der Waals surface area contributed by atoms with Crippen LogP contribution in [-0.2, 0) is 5.41 Å². The van der Waals surface area contributed by atoms with Crippen LogP contribution in [0.15, 0.2) is 48.5 Å². The summed E-state index contributed by atoms with van der Waals surface area (Å²) in [5.41, 5.74) is 3.66. The first kappa shape index (κ1) is 13.1. The fraction of sp³-hybridized carbons (Fsp3) is 0.235. The summed E-state index contributed by atoms with van der Waals surface area (Å²) in [5, 5.41) is 4.32. The monoisotopic (exact) mass is 282 g/mol. The predicted molar refractivity (Wildman–Crippen MR) is 88.0 cm³/mol. The average molecular weight is 282 g/mol. The van der Waals surface area contributed by atoms with Crippen molar-refractivity contribution in [3.63, 3.8) is 0 Å². The number of nitrogens with zero attached hydrogens (tertiary/aromatic N) is 1. The first-order chi connectivity index (χ1) is 9.52. The van der Waals surface area contributed by atoms with Crippen molar-refractivity contribution in [3.05, 3.63) is 54.1 Å². The molecule has 0 aliphatic carbocycles. The van der Waals surface area contributed by atoms with E-state index in [0.29, 0.717) is 0 Å². The molecule has 0 saturated heterocycles. The van der Waals surface area contributed by atoms with Crippen LogP contribution in [0.2, 0.25) is 0 Å². The number of benzene rings is 2. The van der Waals surface area contributed by atoms with Crippen LogP contribution in [0.25, 0.3) is 10.2 Å². The molecule has 102 valence electrons. The Hall–Kier alpha value is -1.87. The lowest BCUT2D eigenvalue weighted by Crippen LogP contribution is -2.10. The van der Waals surface area contributed by atoms with Gasteiger partial charge < -0.3 is 5.32 Å². The molecule has 3 aromatic rings. The van der Waals surface area contributed by atoms with Crippen molar-refractivity contribution >= 4 is 32.4 Å². The molecule has 2 aromatic carbocycles. The van der Waals surface area contributed by atoms with E-state index >= 15 is 0 Å². The van der Waals surface area contributed by atoms with Gasteiger partial charge in [-0.25, -0.2) is 4.98 Å². The van der Waals surface area contributed by atoms with E-state index in [1.54, 1.807) is 11.3 Å². The quantitative estimate of drug-likeness (QED) is 0.686. The maximum Gasteiger partial charge on any atom is 0.188 e. The lowest BCUT2D eigenvalue weighted by atomic mass is 9.87. The van der Waals surface area contributed by atoms with E-state index in [0.717, 1.165) is 16.3 Å². The SMILES string of the molecule is CC(C)(C)c1ccc(Nc2nc3ccccc3s2)cc1. The number of thiazole rings is 1. The molecule has 0 amide bonds. The van der Waals surface area contributed by atoms with Crippen molar-refractivity contribution in [1.82, 2.24) is 4.98 Å². The van der Waals surface area contributed by atoms with E-state index < -0.39 is 0 Å². The van der Waals surface area contributed by atoms with Crippen molar-refractivity contribution in [1.29, 1.82) is 0 Å². The summed E-state index contributed by atoms with van der Waals surface area (Å²) >= 11 is 1.68. The fourth-order valence-corrected chi connectivity index (χ4v) is 2.99. The van der Waals surface area contributed by atoms with Gasteiger partial charge in [-0.3, -0.25) is 0 Å². The van der Waals surface area contributed by atoms with Crippen molar-refractivity contribution < 1.29 is 0 Å². The molecule has 0 radical (unpaired) electrons. The minimum Gasteiger partial charge on any atom is -0.332 e. The second-order valence-corrected chi connectivity index (χ2v) is 6.97. The van der Waals surface area contributed by atoms with E-state index in [4.69, 9.17) is 0 Å². The minimum atomic E-state index is 0.189. The predicted octanol–water partition coefficient (Wildman–Crippen LogP) is 5.34. The first-order valence-corrected chi connectivity index (χ1v) is 7.57. The molecule has 0 spiro atoms. The number of nitrogens with one attached hydrogen (secondary N) is 1. The highest BCUT2D eigenvalue weighted by atomic mass is 32.1. The summed E-state index contributed by atoms with van der Waals surface area (Å²) in [6.45, 7) is 6.68. The topological polar surface area (TPSA) is 24.9 Å². The van der Waals surface area contributed by atoms with Crippen molar-refractivity contribution in [3.8, 4) is 0 Å². The molecule has 0 aliphatic rings. The van der Waals surface area contributed by atoms with Crippen molar-refractivity contribution in [2.24, 2.45) is 0 Å². The van der Waals surface area contributed by atoms with Crippen LogP contribution in [0, 0.1) is 0 Å². The number of hydrogen-bond acceptors (Lipinski definition) is 3. The number of fused-ring (bicyclic) bond motifs is 1. The lowest BCUT2D eigenvalue weighted by molar-refractivity contribution is 0.590. The molecule has 0 fully saturated rings. The highest BCUT2D eigenvalue weighted by molar-refractivity contribution is 7.22. The summed E-state index contributed by atoms with van der Waals surface area (Å²) in [4.78, 5) is 4.59. The van der Waals surface area contributed by atoms with Gasteiger partial charge in [-0.1, -0.05) is 56.4 Å². The minimum absolute atomic E-state index is 0.189. The largest absolute Gasteiger partial charge is 0.332 e. The van der Waals surface area contributed by atoms with Gasteiger partial charge in [0.25, 0.3) is 0 Å². The molecule has 0 unspecified atom stereocenters. The van der Waals surface area contributed by atoms with Gasteiger partial charge in [-0.15, -0.1) is 0 Å². The zero-order valence-electron chi connectivity index (χ0n) is 12.0. The molecule has 0 atom stereocenters. The Kier molecular flexibility index (Phi) is 3.22. The zero-order valence-corrected chi connectivity index (χ0v) is 12.8. The molecule has 0 saturated carbocycles. The maximum absolute atomic E-state index is 4.59. The Labute approximate surface area is 123 Å². The van der Waals surface area contributed by atoms with Crippen LogP contribution in [0.3, 0.4) is 0 Å². The van der Waals surface area contributed by atoms with Crippen molar-refractivity contribution in [2.45, 2.75) is 26.2 Å². The van der Waals surface area contributed by atoms with E-state index in [-0.39, 0.29) is 5.41 Å². The Morgan fingerprint density at radius 3 is 2.30 bits per heavy atom. The zero-order chi connectivity index (χ0) is 14.2. The Morgan fingerprint density at radius 1 is 0.950 bits per heavy atom. The number of hydrogen-bond donors (Lipinski definition) is 1. The standard InChI is InChI=1S/C17H18N2S/c1-17(2,3)12-8-10-13(11-9-12)18-16-19-14-6-4-5-7-15(14)20-16/h4-11H,1-3H3,(H,18,19). The fourth-order valence-electron chi connectivity index (χ4n) is 2.10. The van der Waals surface area contributed by atoms with Gasteiger partial charge in [0.2, 0.25) is 0 Å². The van der Waals surface area contributed by atoms with Crippen LogP contribution in [0.1, 0.15) is 26.3 Å². The maximum atomic E-state index is 4.59. The number of para-hydroxylation sites is 1.